The highest BCUT2D eigenvalue weighted by Gasteiger charge is 2.38. The zero-order valence-corrected chi connectivity index (χ0v) is 19.3. The van der Waals surface area contributed by atoms with Crippen molar-refractivity contribution < 1.29 is 4.74 Å². The fourth-order valence-corrected chi connectivity index (χ4v) is 5.73. The van der Waals surface area contributed by atoms with Gasteiger partial charge in [-0.05, 0) is 57.6 Å². The van der Waals surface area contributed by atoms with Crippen LogP contribution < -0.4 is 4.74 Å². The van der Waals surface area contributed by atoms with Crippen LogP contribution in [0.3, 0.4) is 0 Å². The van der Waals surface area contributed by atoms with E-state index in [9.17, 15) is 0 Å². The van der Waals surface area contributed by atoms with Crippen LogP contribution in [0, 0.1) is 0 Å². The monoisotopic (exact) mass is 417 g/mol. The van der Waals surface area contributed by atoms with Gasteiger partial charge in [0.15, 0.2) is 0 Å². The van der Waals surface area contributed by atoms with Gasteiger partial charge in [0.1, 0.15) is 5.75 Å². The number of benzene rings is 3. The molecule has 6 rings (SSSR count). The number of rotatable bonds is 2. The fourth-order valence-electron chi connectivity index (χ4n) is 5.73. The minimum absolute atomic E-state index is 0.0133. The largest absolute Gasteiger partial charge is 0.497 e. The molecule has 0 bridgehead atoms. The zero-order chi connectivity index (χ0) is 22.3. The Hall–Kier alpha value is -3.39. The summed E-state index contributed by atoms with van der Waals surface area (Å²) in [6, 6.07) is 26.4. The highest BCUT2D eigenvalue weighted by atomic mass is 16.5. The van der Waals surface area contributed by atoms with Gasteiger partial charge in [-0.2, -0.15) is 0 Å². The number of nitrogens with zero attached hydrogens (tertiary/aromatic N) is 1. The highest BCUT2D eigenvalue weighted by Crippen LogP contribution is 2.51. The molecule has 0 saturated carbocycles. The third kappa shape index (κ3) is 2.44. The molecule has 0 radical (unpaired) electrons. The molecule has 2 heteroatoms. The van der Waals surface area contributed by atoms with Gasteiger partial charge >= 0.3 is 0 Å². The van der Waals surface area contributed by atoms with Crippen LogP contribution >= 0.6 is 0 Å². The maximum Gasteiger partial charge on any atom is 0.119 e. The van der Waals surface area contributed by atoms with Crippen molar-refractivity contribution in [1.82, 2.24) is 4.98 Å². The summed E-state index contributed by atoms with van der Waals surface area (Å²) in [7, 11) is 1.72. The summed E-state index contributed by atoms with van der Waals surface area (Å²) in [5.41, 5.74) is 12.4. The minimum Gasteiger partial charge on any atom is -0.497 e. The van der Waals surface area contributed by atoms with Crippen LogP contribution in [0.2, 0.25) is 0 Å². The topological polar surface area (TPSA) is 22.1 Å². The molecule has 0 spiro atoms. The van der Waals surface area contributed by atoms with E-state index < -0.39 is 0 Å². The van der Waals surface area contributed by atoms with E-state index in [1.165, 1.54) is 44.5 Å². The van der Waals surface area contributed by atoms with E-state index in [2.05, 4.69) is 94.4 Å². The number of ether oxygens (including phenoxy) is 1. The number of aromatic nitrogens is 1. The summed E-state index contributed by atoms with van der Waals surface area (Å²) in [4.78, 5) is 5.20. The van der Waals surface area contributed by atoms with Crippen LogP contribution in [-0.2, 0) is 10.8 Å². The average Bonchev–Trinajstić information content (AvgIpc) is 3.18. The Morgan fingerprint density at radius 3 is 2.12 bits per heavy atom. The average molecular weight is 418 g/mol. The van der Waals surface area contributed by atoms with E-state index in [1.54, 1.807) is 7.11 Å². The third-order valence-corrected chi connectivity index (χ3v) is 7.60. The Bertz CT molecular complexity index is 1410. The van der Waals surface area contributed by atoms with Gasteiger partial charge in [0, 0.05) is 22.0 Å². The van der Waals surface area contributed by atoms with Gasteiger partial charge in [0.25, 0.3) is 0 Å². The van der Waals surface area contributed by atoms with Crippen molar-refractivity contribution in [3.63, 3.8) is 0 Å². The Labute approximate surface area is 189 Å². The lowest BCUT2D eigenvalue weighted by Crippen LogP contribution is -2.15. The van der Waals surface area contributed by atoms with Crippen LogP contribution in [0.5, 0.6) is 5.75 Å². The molecule has 0 N–H and O–H groups in total. The molecule has 2 aliphatic carbocycles. The standard InChI is InChI=1S/C30H27NO/c1-29(2)24-13-11-19(32-5)17-22(24)28-25(29)14-15-27(31-28)18-10-12-21-20-8-6-7-9-23(20)30(3,4)26(21)16-18/h6-17H,1-5H3. The number of fused-ring (bicyclic) bond motifs is 6. The van der Waals surface area contributed by atoms with Crippen molar-refractivity contribution in [2.24, 2.45) is 0 Å². The Morgan fingerprint density at radius 1 is 0.625 bits per heavy atom. The van der Waals surface area contributed by atoms with Crippen LogP contribution in [0.25, 0.3) is 33.6 Å². The van der Waals surface area contributed by atoms with Crippen molar-refractivity contribution >= 4 is 0 Å². The quantitative estimate of drug-likeness (QED) is 0.340. The molecule has 0 atom stereocenters. The predicted octanol–water partition coefficient (Wildman–Crippen LogP) is 7.37. The SMILES string of the molecule is COc1ccc2c(c1)-c1nc(-c3ccc4c(c3)C(C)(C)c3ccccc3-4)ccc1C2(C)C. The van der Waals surface area contributed by atoms with Gasteiger partial charge in [-0.15, -0.1) is 0 Å². The van der Waals surface area contributed by atoms with E-state index in [1.807, 2.05) is 6.07 Å². The first-order chi connectivity index (χ1) is 15.3. The van der Waals surface area contributed by atoms with Crippen LogP contribution in [0.4, 0.5) is 0 Å². The van der Waals surface area contributed by atoms with Crippen molar-refractivity contribution in [3.8, 4) is 39.4 Å². The van der Waals surface area contributed by atoms with Crippen molar-refractivity contribution in [2.75, 3.05) is 7.11 Å². The van der Waals surface area contributed by atoms with E-state index in [4.69, 9.17) is 9.72 Å². The molecular formula is C30H27NO. The molecule has 32 heavy (non-hydrogen) atoms. The molecule has 158 valence electrons. The summed E-state index contributed by atoms with van der Waals surface area (Å²) in [6.45, 7) is 9.20. The molecule has 1 heterocycles. The lowest BCUT2D eigenvalue weighted by molar-refractivity contribution is 0.414. The number of hydrogen-bond donors (Lipinski definition) is 0. The summed E-state index contributed by atoms with van der Waals surface area (Å²) in [6.07, 6.45) is 0. The Morgan fingerprint density at radius 2 is 1.31 bits per heavy atom. The Kier molecular flexibility index (Phi) is 3.81. The molecule has 0 fully saturated rings. The first kappa shape index (κ1) is 19.3. The fraction of sp³-hybridized carbons (Fsp3) is 0.233. The smallest absolute Gasteiger partial charge is 0.119 e. The van der Waals surface area contributed by atoms with Crippen LogP contribution in [0.1, 0.15) is 49.9 Å². The normalized spacial score (nSPS) is 16.2. The van der Waals surface area contributed by atoms with Crippen molar-refractivity contribution in [1.29, 1.82) is 0 Å². The number of pyridine rings is 1. The molecule has 2 aliphatic rings. The molecule has 2 nitrogen and oxygen atoms in total. The van der Waals surface area contributed by atoms with Gasteiger partial charge in [-0.25, -0.2) is 4.98 Å². The lowest BCUT2D eigenvalue weighted by atomic mass is 9.81. The van der Waals surface area contributed by atoms with Gasteiger partial charge in [0.05, 0.1) is 18.5 Å². The second-order valence-corrected chi connectivity index (χ2v) is 10.1. The maximum absolute atomic E-state index is 5.51. The molecule has 4 aromatic rings. The van der Waals surface area contributed by atoms with E-state index in [0.29, 0.717) is 0 Å². The Balaban J connectivity index is 1.51. The number of hydrogen-bond acceptors (Lipinski definition) is 2. The maximum atomic E-state index is 5.51. The zero-order valence-electron chi connectivity index (χ0n) is 19.3. The number of methoxy groups -OCH3 is 1. The highest BCUT2D eigenvalue weighted by molar-refractivity contribution is 5.84. The summed E-state index contributed by atoms with van der Waals surface area (Å²) in [5.74, 6) is 0.872. The van der Waals surface area contributed by atoms with Crippen molar-refractivity contribution in [3.05, 3.63) is 95.1 Å². The predicted molar refractivity (Wildman–Crippen MR) is 131 cm³/mol. The lowest BCUT2D eigenvalue weighted by Gasteiger charge is -2.22. The molecule has 0 aliphatic heterocycles. The van der Waals surface area contributed by atoms with Crippen molar-refractivity contribution in [2.45, 2.75) is 38.5 Å². The molecule has 0 unspecified atom stereocenters. The van der Waals surface area contributed by atoms with Gasteiger partial charge in [-0.1, -0.05) is 76.2 Å². The van der Waals surface area contributed by atoms with E-state index in [0.717, 1.165) is 17.1 Å². The van der Waals surface area contributed by atoms with Gasteiger partial charge in [-0.3, -0.25) is 0 Å². The molecule has 0 amide bonds. The van der Waals surface area contributed by atoms with Crippen LogP contribution in [0.15, 0.2) is 72.8 Å². The second-order valence-electron chi connectivity index (χ2n) is 10.1. The molecule has 1 aromatic heterocycles. The summed E-state index contributed by atoms with van der Waals surface area (Å²) < 4.78 is 5.51. The summed E-state index contributed by atoms with van der Waals surface area (Å²) >= 11 is 0. The van der Waals surface area contributed by atoms with Gasteiger partial charge < -0.3 is 4.74 Å². The first-order valence-corrected chi connectivity index (χ1v) is 11.3. The van der Waals surface area contributed by atoms with E-state index in [-0.39, 0.29) is 10.8 Å². The third-order valence-electron chi connectivity index (χ3n) is 7.60. The second kappa shape index (κ2) is 6.32. The first-order valence-electron chi connectivity index (χ1n) is 11.3. The molecule has 3 aromatic carbocycles. The van der Waals surface area contributed by atoms with E-state index >= 15 is 0 Å². The van der Waals surface area contributed by atoms with Crippen LogP contribution in [-0.4, -0.2) is 12.1 Å². The summed E-state index contributed by atoms with van der Waals surface area (Å²) in [5, 5.41) is 0. The van der Waals surface area contributed by atoms with Gasteiger partial charge in [0.2, 0.25) is 0 Å². The molecule has 0 saturated heterocycles. The molecular weight excluding hydrogens is 390 g/mol. The minimum atomic E-state index is -0.0654.